The predicted octanol–water partition coefficient (Wildman–Crippen LogP) is 4.08. The van der Waals surface area contributed by atoms with Gasteiger partial charge in [0.05, 0.1) is 5.69 Å². The van der Waals surface area contributed by atoms with E-state index in [2.05, 4.69) is 5.32 Å². The SMILES string of the molecule is C[C@H](C(=O)NC1CCCC1)N(Cc1c(Cl)cccc1Cl)C(=O)CN(c1ccccc1)S(=O)(=O)N(C)C. The summed E-state index contributed by atoms with van der Waals surface area (Å²) in [6, 6.07) is 12.5. The van der Waals surface area contributed by atoms with Gasteiger partial charge < -0.3 is 10.2 Å². The lowest BCUT2D eigenvalue weighted by molar-refractivity contribution is -0.139. The van der Waals surface area contributed by atoms with Crippen LogP contribution in [0.3, 0.4) is 0 Å². The van der Waals surface area contributed by atoms with Crippen molar-refractivity contribution >= 4 is 50.9 Å². The van der Waals surface area contributed by atoms with Crippen molar-refractivity contribution in [2.45, 2.75) is 51.2 Å². The van der Waals surface area contributed by atoms with Gasteiger partial charge in [0.2, 0.25) is 11.8 Å². The van der Waals surface area contributed by atoms with Gasteiger partial charge in [0.1, 0.15) is 12.6 Å². The highest BCUT2D eigenvalue weighted by atomic mass is 35.5. The van der Waals surface area contributed by atoms with Crippen LogP contribution in [0.25, 0.3) is 0 Å². The molecule has 1 saturated carbocycles. The van der Waals surface area contributed by atoms with Crippen LogP contribution in [0.1, 0.15) is 38.2 Å². The number of nitrogens with one attached hydrogen (secondary N) is 1. The molecule has 0 aliphatic heterocycles. The Bertz CT molecular complexity index is 1150. The molecule has 0 heterocycles. The zero-order chi connectivity index (χ0) is 26.5. The van der Waals surface area contributed by atoms with Gasteiger partial charge in [0.25, 0.3) is 0 Å². The molecule has 1 N–H and O–H groups in total. The number of nitrogens with zero attached hydrogens (tertiary/aromatic N) is 3. The van der Waals surface area contributed by atoms with Crippen LogP contribution >= 0.6 is 23.2 Å². The zero-order valence-electron chi connectivity index (χ0n) is 20.7. The summed E-state index contributed by atoms with van der Waals surface area (Å²) in [5, 5.41) is 3.73. The van der Waals surface area contributed by atoms with Crippen molar-refractivity contribution in [1.29, 1.82) is 0 Å². The Hall–Kier alpha value is -2.33. The summed E-state index contributed by atoms with van der Waals surface area (Å²) < 4.78 is 28.4. The smallest absolute Gasteiger partial charge is 0.304 e. The topological polar surface area (TPSA) is 90.0 Å². The van der Waals surface area contributed by atoms with Gasteiger partial charge in [0, 0.05) is 42.3 Å². The monoisotopic (exact) mass is 554 g/mol. The summed E-state index contributed by atoms with van der Waals surface area (Å²) in [6.45, 7) is 1.06. The van der Waals surface area contributed by atoms with Crippen LogP contribution in [0, 0.1) is 0 Å². The Morgan fingerprint density at radius 1 is 1.00 bits per heavy atom. The van der Waals surface area contributed by atoms with Gasteiger partial charge in [-0.15, -0.1) is 0 Å². The van der Waals surface area contributed by atoms with E-state index in [1.165, 1.54) is 19.0 Å². The van der Waals surface area contributed by atoms with Crippen molar-refractivity contribution in [2.75, 3.05) is 24.9 Å². The minimum atomic E-state index is -4.01. The third-order valence-electron chi connectivity index (χ3n) is 6.32. The number of rotatable bonds is 10. The Morgan fingerprint density at radius 2 is 1.58 bits per heavy atom. The summed E-state index contributed by atoms with van der Waals surface area (Å²) in [6.07, 6.45) is 3.88. The lowest BCUT2D eigenvalue weighted by Crippen LogP contribution is -2.53. The molecule has 2 amide bonds. The quantitative estimate of drug-likeness (QED) is 0.479. The predicted molar refractivity (Wildman–Crippen MR) is 143 cm³/mol. The van der Waals surface area contributed by atoms with E-state index in [0.717, 1.165) is 34.3 Å². The van der Waals surface area contributed by atoms with Gasteiger partial charge in [-0.05, 0) is 44.0 Å². The van der Waals surface area contributed by atoms with Crippen LogP contribution < -0.4 is 9.62 Å². The zero-order valence-corrected chi connectivity index (χ0v) is 23.0. The first kappa shape index (κ1) is 28.2. The van der Waals surface area contributed by atoms with E-state index in [1.54, 1.807) is 55.5 Å². The van der Waals surface area contributed by atoms with Crippen LogP contribution in [-0.2, 0) is 26.3 Å². The fourth-order valence-corrected chi connectivity index (χ4v) is 5.71. The fraction of sp³-hybridized carbons (Fsp3) is 0.440. The molecule has 1 aliphatic rings. The summed E-state index contributed by atoms with van der Waals surface area (Å²) in [5.41, 5.74) is 0.815. The molecule has 1 aliphatic carbocycles. The molecule has 0 saturated heterocycles. The molecule has 11 heteroatoms. The minimum Gasteiger partial charge on any atom is -0.352 e. The van der Waals surface area contributed by atoms with Gasteiger partial charge in [-0.2, -0.15) is 12.7 Å². The molecule has 0 unspecified atom stereocenters. The van der Waals surface area contributed by atoms with E-state index in [4.69, 9.17) is 23.2 Å². The molecule has 0 radical (unpaired) electrons. The van der Waals surface area contributed by atoms with Crippen molar-refractivity contribution in [1.82, 2.24) is 14.5 Å². The normalized spacial score (nSPS) is 15.1. The molecule has 2 aromatic rings. The van der Waals surface area contributed by atoms with Crippen LogP contribution in [0.15, 0.2) is 48.5 Å². The first-order chi connectivity index (χ1) is 17.0. The minimum absolute atomic E-state index is 0.0543. The van der Waals surface area contributed by atoms with Gasteiger partial charge >= 0.3 is 10.2 Å². The van der Waals surface area contributed by atoms with Crippen molar-refractivity contribution in [3.05, 3.63) is 64.1 Å². The number of para-hydroxylation sites is 1. The number of halogens is 2. The Balaban J connectivity index is 1.95. The lowest BCUT2D eigenvalue weighted by Gasteiger charge is -2.33. The standard InChI is InChI=1S/C25H32Cl2N4O4S/c1-18(25(33)28-19-10-7-8-11-19)30(16-21-22(26)14-9-15-23(21)27)24(32)17-31(36(34,35)29(2)3)20-12-5-4-6-13-20/h4-6,9,12-15,18-19H,7-8,10-11,16-17H2,1-3H3,(H,28,33)/t18-/m1/s1. The van der Waals surface area contributed by atoms with Gasteiger partial charge in [-0.3, -0.25) is 9.59 Å². The van der Waals surface area contributed by atoms with Gasteiger partial charge in [-0.1, -0.05) is 60.3 Å². The summed E-state index contributed by atoms with van der Waals surface area (Å²) in [5.74, 6) is -0.866. The van der Waals surface area contributed by atoms with Crippen molar-refractivity contribution in [3.8, 4) is 0 Å². The van der Waals surface area contributed by atoms with Gasteiger partial charge in [-0.25, -0.2) is 4.31 Å². The van der Waals surface area contributed by atoms with E-state index >= 15 is 0 Å². The van der Waals surface area contributed by atoms with E-state index in [9.17, 15) is 18.0 Å². The molecule has 0 aromatic heterocycles. The summed E-state index contributed by atoms with van der Waals surface area (Å²) in [4.78, 5) is 28.2. The maximum Gasteiger partial charge on any atom is 0.304 e. The van der Waals surface area contributed by atoms with Crippen LogP contribution in [0.2, 0.25) is 10.0 Å². The second-order valence-corrected chi connectivity index (χ2v) is 11.9. The molecule has 3 rings (SSSR count). The highest BCUT2D eigenvalue weighted by Crippen LogP contribution is 2.27. The number of benzene rings is 2. The van der Waals surface area contributed by atoms with E-state index in [-0.39, 0.29) is 18.5 Å². The van der Waals surface area contributed by atoms with Crippen LogP contribution in [0.4, 0.5) is 5.69 Å². The third-order valence-corrected chi connectivity index (χ3v) is 8.85. The molecular formula is C25H32Cl2N4O4S. The molecule has 36 heavy (non-hydrogen) atoms. The summed E-state index contributed by atoms with van der Waals surface area (Å²) >= 11 is 12.8. The average molecular weight is 556 g/mol. The molecule has 1 fully saturated rings. The number of carbonyl (C=O) groups is 2. The van der Waals surface area contributed by atoms with E-state index in [1.807, 2.05) is 0 Å². The largest absolute Gasteiger partial charge is 0.352 e. The molecule has 8 nitrogen and oxygen atoms in total. The number of anilines is 1. The van der Waals surface area contributed by atoms with Gasteiger partial charge in [0.15, 0.2) is 0 Å². The van der Waals surface area contributed by atoms with Crippen molar-refractivity contribution < 1.29 is 18.0 Å². The Kier molecular flexibility index (Phi) is 9.63. The first-order valence-corrected chi connectivity index (χ1v) is 14.0. The third kappa shape index (κ3) is 6.70. The highest BCUT2D eigenvalue weighted by molar-refractivity contribution is 7.90. The van der Waals surface area contributed by atoms with Crippen molar-refractivity contribution in [2.24, 2.45) is 0 Å². The van der Waals surface area contributed by atoms with E-state index < -0.39 is 28.7 Å². The molecule has 2 aromatic carbocycles. The van der Waals surface area contributed by atoms with Crippen LogP contribution in [-0.4, -0.2) is 62.2 Å². The average Bonchev–Trinajstić information content (AvgIpc) is 3.35. The maximum atomic E-state index is 13.7. The lowest BCUT2D eigenvalue weighted by atomic mass is 10.1. The molecule has 0 spiro atoms. The maximum absolute atomic E-state index is 13.7. The number of carbonyl (C=O) groups excluding carboxylic acids is 2. The first-order valence-electron chi connectivity index (χ1n) is 11.8. The number of amides is 2. The molecule has 0 bridgehead atoms. The van der Waals surface area contributed by atoms with E-state index in [0.29, 0.717) is 21.3 Å². The number of hydrogen-bond donors (Lipinski definition) is 1. The summed E-state index contributed by atoms with van der Waals surface area (Å²) in [7, 11) is -1.21. The fourth-order valence-electron chi connectivity index (χ4n) is 4.14. The molecule has 1 atom stereocenters. The highest BCUT2D eigenvalue weighted by Gasteiger charge is 2.33. The second-order valence-electron chi connectivity index (χ2n) is 9.02. The second kappa shape index (κ2) is 12.3. The molecular weight excluding hydrogens is 523 g/mol. The molecule has 196 valence electrons. The number of hydrogen-bond acceptors (Lipinski definition) is 4. The van der Waals surface area contributed by atoms with Crippen molar-refractivity contribution in [3.63, 3.8) is 0 Å². The van der Waals surface area contributed by atoms with Crippen LogP contribution in [0.5, 0.6) is 0 Å². The Morgan fingerprint density at radius 3 is 2.14 bits per heavy atom. The Labute approximate surface area is 223 Å².